The minimum atomic E-state index is 0.574. The summed E-state index contributed by atoms with van der Waals surface area (Å²) < 4.78 is 11.2. The first-order valence-electron chi connectivity index (χ1n) is 9.77. The first kappa shape index (κ1) is 18.4. The Hall–Kier alpha value is -2.97. The summed E-state index contributed by atoms with van der Waals surface area (Å²) in [7, 11) is 1.71. The molecule has 0 spiro atoms. The second kappa shape index (κ2) is 8.37. The molecule has 0 unspecified atom stereocenters. The number of H-pyrrole nitrogens is 1. The minimum absolute atomic E-state index is 0.574. The molecule has 1 aromatic heterocycles. The Morgan fingerprint density at radius 1 is 1.14 bits per heavy atom. The third-order valence-corrected chi connectivity index (χ3v) is 5.59. The van der Waals surface area contributed by atoms with Crippen LogP contribution in [-0.2, 0) is 0 Å². The smallest absolute Gasteiger partial charge is 0.120 e. The molecule has 1 fully saturated rings. The van der Waals surface area contributed by atoms with E-state index in [2.05, 4.69) is 34.3 Å². The number of likely N-dealkylation sites (tertiary alicyclic amines) is 1. The van der Waals surface area contributed by atoms with E-state index in [1.165, 1.54) is 16.5 Å². The van der Waals surface area contributed by atoms with Gasteiger partial charge in [-0.2, -0.15) is 5.26 Å². The minimum Gasteiger partial charge on any atom is -0.497 e. The lowest BCUT2D eigenvalue weighted by Crippen LogP contribution is -2.35. The quantitative estimate of drug-likeness (QED) is 0.697. The number of hydrogen-bond acceptors (Lipinski definition) is 4. The van der Waals surface area contributed by atoms with Gasteiger partial charge in [-0.05, 0) is 73.8 Å². The Kier molecular flexibility index (Phi) is 5.50. The number of fused-ring (bicyclic) bond motifs is 1. The van der Waals surface area contributed by atoms with Gasteiger partial charge in [0.1, 0.15) is 18.1 Å². The fraction of sp³-hybridized carbons (Fsp3) is 0.348. The molecular weight excluding hydrogens is 350 g/mol. The van der Waals surface area contributed by atoms with Crippen molar-refractivity contribution in [3.05, 3.63) is 59.8 Å². The number of aromatic amines is 1. The van der Waals surface area contributed by atoms with Crippen LogP contribution in [0.2, 0.25) is 0 Å². The van der Waals surface area contributed by atoms with Crippen molar-refractivity contribution in [3.8, 4) is 17.6 Å². The van der Waals surface area contributed by atoms with Crippen molar-refractivity contribution in [3.63, 3.8) is 0 Å². The zero-order valence-electron chi connectivity index (χ0n) is 16.1. The summed E-state index contributed by atoms with van der Waals surface area (Å²) in [5.41, 5.74) is 3.21. The zero-order chi connectivity index (χ0) is 19.3. The van der Waals surface area contributed by atoms with E-state index in [0.29, 0.717) is 18.1 Å². The number of ether oxygens (including phenoxy) is 2. The number of nitrogens with one attached hydrogen (secondary N) is 1. The van der Waals surface area contributed by atoms with Crippen LogP contribution in [-0.4, -0.2) is 43.2 Å². The van der Waals surface area contributed by atoms with Crippen molar-refractivity contribution < 1.29 is 9.47 Å². The van der Waals surface area contributed by atoms with Crippen molar-refractivity contribution in [2.45, 2.75) is 18.8 Å². The van der Waals surface area contributed by atoms with Crippen LogP contribution in [0.25, 0.3) is 10.9 Å². The van der Waals surface area contributed by atoms with E-state index < -0.39 is 0 Å². The number of hydrogen-bond donors (Lipinski definition) is 1. The molecule has 1 aliphatic rings. The molecule has 1 N–H and O–H groups in total. The summed E-state index contributed by atoms with van der Waals surface area (Å²) in [6.07, 6.45) is 4.46. The standard InChI is InChI=1S/C23H25N3O2/c1-27-19-5-6-23-21(14-19)22(16-25-23)18-7-9-26(10-8-18)11-12-28-20-4-2-3-17(13-20)15-24/h2-6,13-14,16,18,25H,7-12H2,1H3. The van der Waals surface area contributed by atoms with E-state index in [1.54, 1.807) is 19.2 Å². The van der Waals surface area contributed by atoms with E-state index >= 15 is 0 Å². The molecule has 0 bridgehead atoms. The van der Waals surface area contributed by atoms with Gasteiger partial charge in [0.2, 0.25) is 0 Å². The molecule has 1 saturated heterocycles. The molecule has 0 atom stereocenters. The fourth-order valence-electron chi connectivity index (χ4n) is 4.00. The maximum atomic E-state index is 8.97. The Labute approximate surface area is 165 Å². The summed E-state index contributed by atoms with van der Waals surface area (Å²) in [5, 5.41) is 10.2. The molecule has 2 heterocycles. The van der Waals surface area contributed by atoms with Gasteiger partial charge < -0.3 is 14.5 Å². The number of methoxy groups -OCH3 is 1. The molecule has 144 valence electrons. The van der Waals surface area contributed by atoms with E-state index in [9.17, 15) is 0 Å². The second-order valence-electron chi connectivity index (χ2n) is 7.26. The van der Waals surface area contributed by atoms with Crippen LogP contribution >= 0.6 is 0 Å². The molecule has 2 aromatic carbocycles. The average molecular weight is 375 g/mol. The molecule has 0 amide bonds. The normalized spacial score (nSPS) is 15.4. The van der Waals surface area contributed by atoms with Crippen molar-refractivity contribution in [1.29, 1.82) is 5.26 Å². The Morgan fingerprint density at radius 3 is 2.79 bits per heavy atom. The molecule has 28 heavy (non-hydrogen) atoms. The van der Waals surface area contributed by atoms with Gasteiger partial charge in [-0.3, -0.25) is 4.90 Å². The van der Waals surface area contributed by atoms with Crippen LogP contribution < -0.4 is 9.47 Å². The Bertz CT molecular complexity index is 981. The van der Waals surface area contributed by atoms with Crippen molar-refractivity contribution in [2.75, 3.05) is 33.4 Å². The van der Waals surface area contributed by atoms with E-state index in [1.807, 2.05) is 18.2 Å². The summed E-state index contributed by atoms with van der Waals surface area (Å²) in [4.78, 5) is 5.86. The number of rotatable bonds is 6. The summed E-state index contributed by atoms with van der Waals surface area (Å²) in [6.45, 7) is 3.70. The molecule has 1 aliphatic heterocycles. The number of nitrogens with zero attached hydrogens (tertiary/aromatic N) is 2. The first-order valence-corrected chi connectivity index (χ1v) is 9.77. The van der Waals surface area contributed by atoms with Gasteiger partial charge in [0.05, 0.1) is 18.7 Å². The average Bonchev–Trinajstić information content (AvgIpc) is 3.17. The molecule has 4 rings (SSSR count). The number of nitriles is 1. The first-order chi connectivity index (χ1) is 13.8. The highest BCUT2D eigenvalue weighted by Crippen LogP contribution is 2.34. The van der Waals surface area contributed by atoms with Crippen LogP contribution in [0.15, 0.2) is 48.7 Å². The highest BCUT2D eigenvalue weighted by Gasteiger charge is 2.22. The molecule has 5 nitrogen and oxygen atoms in total. The molecule has 0 aliphatic carbocycles. The van der Waals surface area contributed by atoms with Crippen LogP contribution in [0, 0.1) is 11.3 Å². The summed E-state index contributed by atoms with van der Waals surface area (Å²) in [5.74, 6) is 2.25. The van der Waals surface area contributed by atoms with E-state index in [-0.39, 0.29) is 0 Å². The Morgan fingerprint density at radius 2 is 2.00 bits per heavy atom. The second-order valence-corrected chi connectivity index (χ2v) is 7.26. The Balaban J connectivity index is 1.30. The highest BCUT2D eigenvalue weighted by atomic mass is 16.5. The predicted molar refractivity (Wildman–Crippen MR) is 110 cm³/mol. The van der Waals surface area contributed by atoms with Gasteiger partial charge in [0.15, 0.2) is 0 Å². The number of aromatic nitrogens is 1. The van der Waals surface area contributed by atoms with E-state index in [4.69, 9.17) is 14.7 Å². The van der Waals surface area contributed by atoms with Gasteiger partial charge in [0, 0.05) is 23.6 Å². The lowest BCUT2D eigenvalue weighted by atomic mass is 9.89. The third-order valence-electron chi connectivity index (χ3n) is 5.59. The van der Waals surface area contributed by atoms with Gasteiger partial charge in [0.25, 0.3) is 0 Å². The number of benzene rings is 2. The van der Waals surface area contributed by atoms with Crippen LogP contribution in [0.1, 0.15) is 29.9 Å². The van der Waals surface area contributed by atoms with Crippen molar-refractivity contribution >= 4 is 10.9 Å². The highest BCUT2D eigenvalue weighted by molar-refractivity contribution is 5.85. The lowest BCUT2D eigenvalue weighted by Gasteiger charge is -2.31. The van der Waals surface area contributed by atoms with Gasteiger partial charge in [-0.15, -0.1) is 0 Å². The maximum Gasteiger partial charge on any atom is 0.120 e. The summed E-state index contributed by atoms with van der Waals surface area (Å²) >= 11 is 0. The van der Waals surface area contributed by atoms with Crippen LogP contribution in [0.5, 0.6) is 11.5 Å². The fourth-order valence-corrected chi connectivity index (χ4v) is 4.00. The van der Waals surface area contributed by atoms with Gasteiger partial charge in [-0.1, -0.05) is 6.07 Å². The third kappa shape index (κ3) is 3.97. The van der Waals surface area contributed by atoms with Crippen molar-refractivity contribution in [1.82, 2.24) is 9.88 Å². The van der Waals surface area contributed by atoms with Crippen LogP contribution in [0.3, 0.4) is 0 Å². The predicted octanol–water partition coefficient (Wildman–Crippen LogP) is 4.31. The lowest BCUT2D eigenvalue weighted by molar-refractivity contribution is 0.173. The molecule has 5 heteroatoms. The largest absolute Gasteiger partial charge is 0.497 e. The van der Waals surface area contributed by atoms with Crippen molar-refractivity contribution in [2.24, 2.45) is 0 Å². The molecular formula is C23H25N3O2. The van der Waals surface area contributed by atoms with Gasteiger partial charge >= 0.3 is 0 Å². The molecule has 3 aromatic rings. The maximum absolute atomic E-state index is 8.97. The molecule has 0 saturated carbocycles. The monoisotopic (exact) mass is 375 g/mol. The zero-order valence-corrected chi connectivity index (χ0v) is 16.1. The van der Waals surface area contributed by atoms with E-state index in [0.717, 1.165) is 44.0 Å². The molecule has 0 radical (unpaired) electrons. The topological polar surface area (TPSA) is 61.3 Å². The number of piperidine rings is 1. The van der Waals surface area contributed by atoms with Crippen LogP contribution in [0.4, 0.5) is 0 Å². The SMILES string of the molecule is COc1ccc2[nH]cc(C3CCN(CCOc4cccc(C#N)c4)CC3)c2c1. The van der Waals surface area contributed by atoms with Gasteiger partial charge in [-0.25, -0.2) is 0 Å². The summed E-state index contributed by atoms with van der Waals surface area (Å²) in [6, 6.07) is 15.7.